The molecule has 0 aliphatic carbocycles. The number of carbonyl (C=O) groups excluding carboxylic acids is 2. The Labute approximate surface area is 184 Å². The summed E-state index contributed by atoms with van der Waals surface area (Å²) in [6.07, 6.45) is 3.70. The van der Waals surface area contributed by atoms with Crippen molar-refractivity contribution >= 4 is 28.5 Å². The van der Waals surface area contributed by atoms with Crippen molar-refractivity contribution in [3.8, 4) is 0 Å². The van der Waals surface area contributed by atoms with Crippen LogP contribution in [0.5, 0.6) is 0 Å². The molecule has 0 spiro atoms. The number of unbranched alkanes of at least 4 members (excludes halogenated alkanes) is 2. The van der Waals surface area contributed by atoms with E-state index in [0.717, 1.165) is 48.2 Å². The van der Waals surface area contributed by atoms with E-state index in [9.17, 15) is 9.59 Å². The predicted molar refractivity (Wildman–Crippen MR) is 125 cm³/mol. The third-order valence-electron chi connectivity index (χ3n) is 5.30. The molecule has 3 rings (SSSR count). The Morgan fingerprint density at radius 1 is 1.00 bits per heavy atom. The number of fused-ring (bicyclic) bond motifs is 1. The molecule has 2 amide bonds. The molecule has 0 radical (unpaired) electrons. The number of nitrogens with zero attached hydrogens (tertiary/aromatic N) is 3. The van der Waals surface area contributed by atoms with Crippen molar-refractivity contribution in [2.24, 2.45) is 0 Å². The number of rotatable bonds is 10. The smallest absolute Gasteiger partial charge is 0.247 e. The van der Waals surface area contributed by atoms with Crippen LogP contribution in [-0.4, -0.2) is 34.0 Å². The number of hydrogen-bond acceptors (Lipinski definition) is 3. The van der Waals surface area contributed by atoms with Crippen molar-refractivity contribution in [2.45, 2.75) is 59.0 Å². The first-order valence-electron chi connectivity index (χ1n) is 11.0. The molecule has 1 N–H and O–H groups in total. The van der Waals surface area contributed by atoms with Crippen molar-refractivity contribution in [1.29, 1.82) is 0 Å². The van der Waals surface area contributed by atoms with Gasteiger partial charge in [0.05, 0.1) is 11.0 Å². The van der Waals surface area contributed by atoms with Gasteiger partial charge in [-0.1, -0.05) is 36.8 Å². The van der Waals surface area contributed by atoms with Crippen LogP contribution in [0.15, 0.2) is 54.6 Å². The minimum Gasteiger partial charge on any atom is -0.356 e. The molecule has 164 valence electrons. The summed E-state index contributed by atoms with van der Waals surface area (Å²) in [5.41, 5.74) is 2.81. The number of nitrogens with one attached hydrogen (secondary N) is 1. The van der Waals surface area contributed by atoms with Gasteiger partial charge in [-0.25, -0.2) is 4.98 Å². The number of amides is 2. The lowest BCUT2D eigenvalue weighted by Crippen LogP contribution is -2.39. The number of imidazole rings is 1. The predicted octanol–water partition coefficient (Wildman–Crippen LogP) is 4.33. The maximum atomic E-state index is 13.4. The van der Waals surface area contributed by atoms with Crippen molar-refractivity contribution < 1.29 is 9.59 Å². The molecule has 6 heteroatoms. The summed E-state index contributed by atoms with van der Waals surface area (Å²) in [6, 6.07) is 17.9. The van der Waals surface area contributed by atoms with E-state index in [-0.39, 0.29) is 24.4 Å². The zero-order valence-electron chi connectivity index (χ0n) is 18.7. The molecule has 0 saturated carbocycles. The molecule has 0 unspecified atom stereocenters. The van der Waals surface area contributed by atoms with E-state index in [1.54, 1.807) is 0 Å². The van der Waals surface area contributed by atoms with Crippen LogP contribution in [0.1, 0.15) is 45.9 Å². The Morgan fingerprint density at radius 3 is 2.42 bits per heavy atom. The maximum Gasteiger partial charge on any atom is 0.247 e. The number of benzene rings is 2. The fourth-order valence-corrected chi connectivity index (χ4v) is 3.87. The highest BCUT2D eigenvalue weighted by atomic mass is 16.2. The molecular formula is C25H32N4O2. The first-order chi connectivity index (χ1) is 15.0. The first-order valence-corrected chi connectivity index (χ1v) is 11.0. The molecule has 6 nitrogen and oxygen atoms in total. The molecule has 0 aliphatic rings. The second-order valence-corrected chi connectivity index (χ2v) is 8.09. The quantitative estimate of drug-likeness (QED) is 0.497. The zero-order valence-corrected chi connectivity index (χ0v) is 18.7. The molecule has 1 aromatic heterocycles. The second-order valence-electron chi connectivity index (χ2n) is 8.09. The lowest BCUT2D eigenvalue weighted by atomic mass is 10.2. The topological polar surface area (TPSA) is 67.2 Å². The van der Waals surface area contributed by atoms with Gasteiger partial charge in [0.2, 0.25) is 11.8 Å². The van der Waals surface area contributed by atoms with Crippen LogP contribution in [0.25, 0.3) is 11.0 Å². The minimum atomic E-state index is 0.00780. The second kappa shape index (κ2) is 10.8. The van der Waals surface area contributed by atoms with E-state index in [2.05, 4.69) is 9.88 Å². The number of aryl methyl sites for hydroxylation is 1. The van der Waals surface area contributed by atoms with Gasteiger partial charge in [0, 0.05) is 31.6 Å². The van der Waals surface area contributed by atoms with Crippen LogP contribution < -0.4 is 10.2 Å². The Hall–Kier alpha value is -3.15. The number of para-hydroxylation sites is 3. The van der Waals surface area contributed by atoms with Crippen LogP contribution in [0.4, 0.5) is 5.69 Å². The average molecular weight is 421 g/mol. The number of carbonyl (C=O) groups is 2. The number of aromatic nitrogens is 2. The molecule has 0 aliphatic heterocycles. The van der Waals surface area contributed by atoms with Gasteiger partial charge in [0.25, 0.3) is 0 Å². The lowest BCUT2D eigenvalue weighted by Gasteiger charge is -2.27. The third-order valence-corrected chi connectivity index (χ3v) is 5.30. The van der Waals surface area contributed by atoms with Gasteiger partial charge in [-0.2, -0.15) is 0 Å². The van der Waals surface area contributed by atoms with Gasteiger partial charge in [-0.3, -0.25) is 9.59 Å². The van der Waals surface area contributed by atoms with E-state index in [1.165, 1.54) is 6.92 Å². The SMILES string of the molecule is CC(=O)NCCCCCc1nc2ccccc2n1CC(=O)N(c1ccccc1)C(C)C. The first kappa shape index (κ1) is 22.5. The largest absolute Gasteiger partial charge is 0.356 e. The van der Waals surface area contributed by atoms with Gasteiger partial charge in [-0.15, -0.1) is 0 Å². The van der Waals surface area contributed by atoms with Crippen molar-refractivity contribution in [3.05, 3.63) is 60.4 Å². The molecule has 3 aromatic rings. The normalized spacial score (nSPS) is 11.1. The monoisotopic (exact) mass is 420 g/mol. The van der Waals surface area contributed by atoms with Crippen LogP contribution >= 0.6 is 0 Å². The molecule has 31 heavy (non-hydrogen) atoms. The molecule has 0 atom stereocenters. The maximum absolute atomic E-state index is 13.4. The van der Waals surface area contributed by atoms with E-state index in [1.807, 2.05) is 73.3 Å². The highest BCUT2D eigenvalue weighted by Gasteiger charge is 2.21. The Bertz CT molecular complexity index is 1010. The highest BCUT2D eigenvalue weighted by molar-refractivity contribution is 5.94. The Kier molecular flexibility index (Phi) is 7.82. The standard InChI is InChI=1S/C25H32N4O2/c1-19(2)29(21-12-6-4-7-13-21)25(31)18-28-23-15-10-9-14-22(23)27-24(28)16-8-5-11-17-26-20(3)30/h4,6-7,9-10,12-15,19H,5,8,11,16-18H2,1-3H3,(H,26,30). The van der Waals surface area contributed by atoms with Crippen LogP contribution in [-0.2, 0) is 22.6 Å². The van der Waals surface area contributed by atoms with E-state index < -0.39 is 0 Å². The van der Waals surface area contributed by atoms with E-state index >= 15 is 0 Å². The van der Waals surface area contributed by atoms with Crippen LogP contribution in [0, 0.1) is 0 Å². The van der Waals surface area contributed by atoms with Crippen molar-refractivity contribution in [2.75, 3.05) is 11.4 Å². The van der Waals surface area contributed by atoms with E-state index in [4.69, 9.17) is 4.98 Å². The zero-order chi connectivity index (χ0) is 22.2. The van der Waals surface area contributed by atoms with Gasteiger partial charge in [0.15, 0.2) is 0 Å². The Balaban J connectivity index is 1.76. The van der Waals surface area contributed by atoms with Gasteiger partial charge in [-0.05, 0) is 51.0 Å². The fourth-order valence-electron chi connectivity index (χ4n) is 3.87. The van der Waals surface area contributed by atoms with Gasteiger partial charge in [0.1, 0.15) is 12.4 Å². The average Bonchev–Trinajstić information content (AvgIpc) is 3.08. The highest BCUT2D eigenvalue weighted by Crippen LogP contribution is 2.21. The summed E-state index contributed by atoms with van der Waals surface area (Å²) in [4.78, 5) is 31.0. The summed E-state index contributed by atoms with van der Waals surface area (Å²) in [5.74, 6) is 0.996. The van der Waals surface area contributed by atoms with Crippen molar-refractivity contribution in [1.82, 2.24) is 14.9 Å². The summed E-state index contributed by atoms with van der Waals surface area (Å²) < 4.78 is 2.06. The summed E-state index contributed by atoms with van der Waals surface area (Å²) in [5, 5.41) is 2.83. The molecule has 0 bridgehead atoms. The number of hydrogen-bond donors (Lipinski definition) is 1. The lowest BCUT2D eigenvalue weighted by molar-refractivity contribution is -0.120. The van der Waals surface area contributed by atoms with Crippen LogP contribution in [0.3, 0.4) is 0 Å². The van der Waals surface area contributed by atoms with Crippen LogP contribution in [0.2, 0.25) is 0 Å². The summed E-state index contributed by atoms with van der Waals surface area (Å²) in [7, 11) is 0. The van der Waals surface area contributed by atoms with E-state index in [0.29, 0.717) is 6.54 Å². The minimum absolute atomic E-state index is 0.00780. The summed E-state index contributed by atoms with van der Waals surface area (Å²) in [6.45, 7) is 6.56. The number of anilines is 1. The Morgan fingerprint density at radius 2 is 1.71 bits per heavy atom. The molecule has 2 aromatic carbocycles. The molecular weight excluding hydrogens is 388 g/mol. The molecule has 1 heterocycles. The van der Waals surface area contributed by atoms with Gasteiger partial charge < -0.3 is 14.8 Å². The van der Waals surface area contributed by atoms with Crippen molar-refractivity contribution in [3.63, 3.8) is 0 Å². The molecule has 0 fully saturated rings. The fraction of sp³-hybridized carbons (Fsp3) is 0.400. The summed E-state index contributed by atoms with van der Waals surface area (Å²) >= 11 is 0. The third kappa shape index (κ3) is 5.94. The molecule has 0 saturated heterocycles. The van der Waals surface area contributed by atoms with Gasteiger partial charge >= 0.3 is 0 Å².